The Hall–Kier alpha value is -2.76. The van der Waals surface area contributed by atoms with Crippen LogP contribution >= 0.6 is 0 Å². The van der Waals surface area contributed by atoms with Crippen LogP contribution in [0.5, 0.6) is 0 Å². The number of carboxylic acids is 1. The van der Waals surface area contributed by atoms with Crippen molar-refractivity contribution >= 4 is 11.9 Å². The Labute approximate surface area is 149 Å². The minimum absolute atomic E-state index is 0.112. The Morgan fingerprint density at radius 3 is 2.58 bits per heavy atom. The topological polar surface area (TPSA) is 63.6 Å². The van der Waals surface area contributed by atoms with Crippen LogP contribution in [0.1, 0.15) is 42.4 Å². The molecule has 1 aliphatic carbocycles. The number of halogens is 2. The highest BCUT2D eigenvalue weighted by molar-refractivity contribution is 5.90. The molecular weight excluding hydrogens is 342 g/mol. The maximum Gasteiger partial charge on any atom is 0.321 e. The van der Waals surface area contributed by atoms with Gasteiger partial charge in [-0.05, 0) is 60.7 Å². The van der Waals surface area contributed by atoms with Crippen molar-refractivity contribution in [1.82, 2.24) is 0 Å². The van der Waals surface area contributed by atoms with Crippen LogP contribution in [0, 0.1) is 11.6 Å². The third-order valence-electron chi connectivity index (χ3n) is 4.90. The zero-order chi connectivity index (χ0) is 18.9. The van der Waals surface area contributed by atoms with Gasteiger partial charge in [0.05, 0.1) is 12.5 Å². The summed E-state index contributed by atoms with van der Waals surface area (Å²) in [5, 5.41) is 9.50. The minimum atomic E-state index is -1.37. The van der Waals surface area contributed by atoms with Gasteiger partial charge in [0.15, 0.2) is 0 Å². The fourth-order valence-corrected chi connectivity index (χ4v) is 3.76. The molecule has 1 aliphatic rings. The Balaban J connectivity index is 2.30. The van der Waals surface area contributed by atoms with Crippen molar-refractivity contribution in [2.24, 2.45) is 0 Å². The monoisotopic (exact) mass is 360 g/mol. The van der Waals surface area contributed by atoms with Gasteiger partial charge in [0.25, 0.3) is 0 Å². The Morgan fingerprint density at radius 2 is 1.92 bits per heavy atom. The number of hydrogen-bond acceptors (Lipinski definition) is 3. The zero-order valence-electron chi connectivity index (χ0n) is 14.2. The van der Waals surface area contributed by atoms with E-state index in [2.05, 4.69) is 0 Å². The molecular formula is C20H18F2O4. The van der Waals surface area contributed by atoms with Crippen molar-refractivity contribution in [1.29, 1.82) is 0 Å². The first kappa shape index (κ1) is 18.0. The Bertz CT molecular complexity index is 865. The van der Waals surface area contributed by atoms with Gasteiger partial charge in [0.2, 0.25) is 0 Å². The second-order valence-electron chi connectivity index (χ2n) is 6.30. The molecule has 2 aromatic rings. The lowest BCUT2D eigenvalue weighted by Crippen LogP contribution is -2.43. The highest BCUT2D eigenvalue weighted by atomic mass is 19.1. The second kappa shape index (κ2) is 6.86. The summed E-state index contributed by atoms with van der Waals surface area (Å²) >= 11 is 0. The molecule has 2 unspecified atom stereocenters. The van der Waals surface area contributed by atoms with Crippen molar-refractivity contribution < 1.29 is 28.2 Å². The molecule has 0 radical (unpaired) electrons. The average Bonchev–Trinajstić information content (AvgIpc) is 2.60. The number of carbonyl (C=O) groups is 2. The quantitative estimate of drug-likeness (QED) is 0.843. The summed E-state index contributed by atoms with van der Waals surface area (Å²) in [6, 6.07) is 9.31. The molecule has 0 spiro atoms. The van der Waals surface area contributed by atoms with E-state index in [1.54, 1.807) is 13.0 Å². The Kier molecular flexibility index (Phi) is 4.76. The predicted molar refractivity (Wildman–Crippen MR) is 89.8 cm³/mol. The number of aliphatic carboxylic acids is 1. The molecule has 0 heterocycles. The molecule has 6 heteroatoms. The molecule has 0 aromatic heterocycles. The number of hydrogen-bond donors (Lipinski definition) is 1. The lowest BCUT2D eigenvalue weighted by molar-refractivity contribution is -0.150. The van der Waals surface area contributed by atoms with Crippen molar-refractivity contribution in [3.63, 3.8) is 0 Å². The van der Waals surface area contributed by atoms with Gasteiger partial charge < -0.3 is 9.84 Å². The van der Waals surface area contributed by atoms with E-state index in [-0.39, 0.29) is 25.0 Å². The van der Waals surface area contributed by atoms with Crippen molar-refractivity contribution in [3.05, 3.63) is 70.8 Å². The van der Waals surface area contributed by atoms with Crippen LogP contribution in [-0.2, 0) is 19.7 Å². The lowest BCUT2D eigenvalue weighted by Gasteiger charge is -2.39. The van der Waals surface area contributed by atoms with E-state index in [1.165, 1.54) is 30.3 Å². The SMILES string of the molecule is CCOC(=O)C1(c2cccc(F)c2)CCC(C(=O)O)c2cc(F)ccc21. The first-order chi connectivity index (χ1) is 12.4. The Morgan fingerprint density at radius 1 is 1.19 bits per heavy atom. The third-order valence-corrected chi connectivity index (χ3v) is 4.90. The molecule has 3 rings (SSSR count). The number of ether oxygens (including phenoxy) is 1. The average molecular weight is 360 g/mol. The van der Waals surface area contributed by atoms with E-state index in [0.717, 1.165) is 6.07 Å². The molecule has 0 aliphatic heterocycles. The van der Waals surface area contributed by atoms with Crippen molar-refractivity contribution in [2.45, 2.75) is 31.1 Å². The van der Waals surface area contributed by atoms with Crippen LogP contribution < -0.4 is 0 Å². The lowest BCUT2D eigenvalue weighted by atomic mass is 9.63. The molecule has 0 saturated heterocycles. The number of fused-ring (bicyclic) bond motifs is 1. The second-order valence-corrected chi connectivity index (χ2v) is 6.30. The first-order valence-corrected chi connectivity index (χ1v) is 8.36. The molecule has 0 amide bonds. The minimum Gasteiger partial charge on any atom is -0.481 e. The van der Waals surface area contributed by atoms with Gasteiger partial charge >= 0.3 is 11.9 Å². The zero-order valence-corrected chi connectivity index (χ0v) is 14.2. The van der Waals surface area contributed by atoms with Crippen molar-refractivity contribution in [2.75, 3.05) is 6.61 Å². The van der Waals surface area contributed by atoms with E-state index in [0.29, 0.717) is 11.1 Å². The van der Waals surface area contributed by atoms with E-state index in [4.69, 9.17) is 4.74 Å². The molecule has 1 N–H and O–H groups in total. The van der Waals surface area contributed by atoms with Crippen LogP contribution in [0.15, 0.2) is 42.5 Å². The fourth-order valence-electron chi connectivity index (χ4n) is 3.76. The van der Waals surface area contributed by atoms with E-state index in [1.807, 2.05) is 0 Å². The first-order valence-electron chi connectivity index (χ1n) is 8.36. The molecule has 26 heavy (non-hydrogen) atoms. The van der Waals surface area contributed by atoms with Crippen LogP contribution in [0.2, 0.25) is 0 Å². The van der Waals surface area contributed by atoms with Gasteiger partial charge in [-0.25, -0.2) is 8.78 Å². The summed E-state index contributed by atoms with van der Waals surface area (Å²) < 4.78 is 33.0. The van der Waals surface area contributed by atoms with Crippen molar-refractivity contribution in [3.8, 4) is 0 Å². The molecule has 136 valence electrons. The number of benzene rings is 2. The number of esters is 1. The normalized spacial score (nSPS) is 21.7. The van der Waals surface area contributed by atoms with Gasteiger partial charge in [-0.2, -0.15) is 0 Å². The van der Waals surface area contributed by atoms with Gasteiger partial charge in [0.1, 0.15) is 17.0 Å². The van der Waals surface area contributed by atoms with Gasteiger partial charge in [-0.3, -0.25) is 9.59 Å². The fraction of sp³-hybridized carbons (Fsp3) is 0.300. The number of carboxylic acid groups (broad SMARTS) is 1. The molecule has 4 nitrogen and oxygen atoms in total. The standard InChI is InChI=1S/C20H18F2O4/c1-2-26-19(25)20(12-4-3-5-13(21)10-12)9-8-15(18(23)24)16-11-14(22)6-7-17(16)20/h3-7,10-11,15H,2,8-9H2,1H3,(H,23,24). The van der Waals surface area contributed by atoms with Crippen LogP contribution in [-0.4, -0.2) is 23.7 Å². The summed E-state index contributed by atoms with van der Waals surface area (Å²) in [6.45, 7) is 1.78. The predicted octanol–water partition coefficient (Wildman–Crippen LogP) is 3.78. The third kappa shape index (κ3) is 2.85. The maximum absolute atomic E-state index is 13.9. The van der Waals surface area contributed by atoms with E-state index >= 15 is 0 Å². The largest absolute Gasteiger partial charge is 0.481 e. The molecule has 0 bridgehead atoms. The highest BCUT2D eigenvalue weighted by Crippen LogP contribution is 2.48. The smallest absolute Gasteiger partial charge is 0.321 e. The molecule has 2 aromatic carbocycles. The molecule has 2 atom stereocenters. The van der Waals surface area contributed by atoms with Gasteiger partial charge in [-0.15, -0.1) is 0 Å². The summed E-state index contributed by atoms with van der Waals surface area (Å²) in [5.74, 6) is -3.73. The van der Waals surface area contributed by atoms with E-state index in [9.17, 15) is 23.5 Å². The summed E-state index contributed by atoms with van der Waals surface area (Å²) in [4.78, 5) is 24.6. The van der Waals surface area contributed by atoms with E-state index < -0.39 is 34.9 Å². The summed E-state index contributed by atoms with van der Waals surface area (Å²) in [7, 11) is 0. The van der Waals surface area contributed by atoms with Gasteiger partial charge in [0, 0.05) is 0 Å². The summed E-state index contributed by atoms with van der Waals surface area (Å²) in [6.07, 6.45) is 0.242. The summed E-state index contributed by atoms with van der Waals surface area (Å²) in [5.41, 5.74) is -0.428. The van der Waals surface area contributed by atoms with Crippen LogP contribution in [0.25, 0.3) is 0 Å². The number of rotatable bonds is 4. The molecule has 0 fully saturated rings. The van der Waals surface area contributed by atoms with Crippen LogP contribution in [0.3, 0.4) is 0 Å². The highest BCUT2D eigenvalue weighted by Gasteiger charge is 2.49. The van der Waals surface area contributed by atoms with Crippen LogP contribution in [0.4, 0.5) is 8.78 Å². The number of carbonyl (C=O) groups excluding carboxylic acids is 1. The maximum atomic E-state index is 13.9. The molecule has 0 saturated carbocycles. The van der Waals surface area contributed by atoms with Gasteiger partial charge in [-0.1, -0.05) is 18.2 Å².